The van der Waals surface area contributed by atoms with Gasteiger partial charge >= 0.3 is 6.18 Å². The molecule has 14 heteroatoms. The van der Waals surface area contributed by atoms with E-state index in [0.717, 1.165) is 12.4 Å². The zero-order chi connectivity index (χ0) is 23.8. The molecule has 4 aromatic rings. The molecule has 0 amide bonds. The van der Waals surface area contributed by atoms with Crippen LogP contribution in [0.2, 0.25) is 5.02 Å². The third kappa shape index (κ3) is 4.55. The Hall–Kier alpha value is -3.42. The predicted molar refractivity (Wildman–Crippen MR) is 111 cm³/mol. The summed E-state index contributed by atoms with van der Waals surface area (Å²) in [5.41, 5.74) is -1.08. The molecule has 0 bridgehead atoms. The van der Waals surface area contributed by atoms with Crippen LogP contribution in [0.5, 0.6) is 0 Å². The van der Waals surface area contributed by atoms with Crippen molar-refractivity contribution >= 4 is 28.3 Å². The zero-order valence-electron chi connectivity index (χ0n) is 16.9. The van der Waals surface area contributed by atoms with E-state index in [1.54, 1.807) is 6.92 Å². The minimum Gasteiger partial charge on any atom is -0.393 e. The van der Waals surface area contributed by atoms with E-state index in [9.17, 15) is 18.3 Å². The summed E-state index contributed by atoms with van der Waals surface area (Å²) in [4.78, 5) is 20.1. The highest BCUT2D eigenvalue weighted by molar-refractivity contribution is 6.31. The molecule has 0 aliphatic carbocycles. The van der Waals surface area contributed by atoms with E-state index in [1.165, 1.54) is 29.5 Å². The normalized spacial score (nSPS) is 13.8. The fourth-order valence-corrected chi connectivity index (χ4v) is 3.43. The SMILES string of the molecule is C[C@H](Nc1ncnc2c(C(F)(F)F)cc(Cl)cc12)c1ncnn1-c1cc(C(O)CO)ncn1. The third-order valence-corrected chi connectivity index (χ3v) is 4.95. The molecule has 3 heterocycles. The minimum absolute atomic E-state index is 0.0885. The van der Waals surface area contributed by atoms with Crippen LogP contribution in [-0.4, -0.2) is 51.5 Å². The maximum atomic E-state index is 13.5. The number of hydrogen-bond donors (Lipinski definition) is 3. The van der Waals surface area contributed by atoms with E-state index in [2.05, 4.69) is 35.3 Å². The van der Waals surface area contributed by atoms with Crippen LogP contribution in [0.15, 0.2) is 37.2 Å². The maximum absolute atomic E-state index is 13.5. The van der Waals surface area contributed by atoms with Crippen LogP contribution in [0.25, 0.3) is 16.7 Å². The van der Waals surface area contributed by atoms with Gasteiger partial charge in [0.1, 0.15) is 30.9 Å². The van der Waals surface area contributed by atoms with Gasteiger partial charge in [-0.15, -0.1) is 0 Å². The number of benzene rings is 1. The van der Waals surface area contributed by atoms with Gasteiger partial charge in [0.05, 0.1) is 29.4 Å². The van der Waals surface area contributed by atoms with Gasteiger partial charge in [0.15, 0.2) is 11.6 Å². The first kappa shape index (κ1) is 22.8. The number of fused-ring (bicyclic) bond motifs is 1. The van der Waals surface area contributed by atoms with Gasteiger partial charge in [-0.25, -0.2) is 24.9 Å². The van der Waals surface area contributed by atoms with Crippen molar-refractivity contribution in [3.8, 4) is 5.82 Å². The van der Waals surface area contributed by atoms with Crippen molar-refractivity contribution in [2.24, 2.45) is 0 Å². The van der Waals surface area contributed by atoms with Crippen molar-refractivity contribution < 1.29 is 23.4 Å². The van der Waals surface area contributed by atoms with Crippen molar-refractivity contribution in [1.82, 2.24) is 34.7 Å². The average Bonchev–Trinajstić information content (AvgIpc) is 3.28. The molecule has 0 spiro atoms. The van der Waals surface area contributed by atoms with E-state index in [4.69, 9.17) is 16.7 Å². The van der Waals surface area contributed by atoms with Crippen LogP contribution >= 0.6 is 11.6 Å². The Labute approximate surface area is 189 Å². The highest BCUT2D eigenvalue weighted by atomic mass is 35.5. The summed E-state index contributed by atoms with van der Waals surface area (Å²) in [6, 6.07) is 2.99. The van der Waals surface area contributed by atoms with E-state index in [-0.39, 0.29) is 33.3 Å². The summed E-state index contributed by atoms with van der Waals surface area (Å²) in [5.74, 6) is 0.737. The molecule has 0 radical (unpaired) electrons. The molecular weight excluding hydrogens is 465 g/mol. The van der Waals surface area contributed by atoms with Crippen molar-refractivity contribution in [3.05, 3.63) is 59.3 Å². The number of rotatable bonds is 6. The number of nitrogens with zero attached hydrogens (tertiary/aromatic N) is 7. The number of halogens is 4. The van der Waals surface area contributed by atoms with E-state index >= 15 is 0 Å². The Bertz CT molecular complexity index is 1300. The second kappa shape index (κ2) is 8.84. The maximum Gasteiger partial charge on any atom is 0.418 e. The molecule has 0 saturated heterocycles. The second-order valence-corrected chi connectivity index (χ2v) is 7.40. The lowest BCUT2D eigenvalue weighted by atomic mass is 10.1. The first-order chi connectivity index (χ1) is 15.7. The van der Waals surface area contributed by atoms with Gasteiger partial charge in [-0.05, 0) is 19.1 Å². The van der Waals surface area contributed by atoms with Crippen LogP contribution in [0.1, 0.15) is 36.2 Å². The van der Waals surface area contributed by atoms with Gasteiger partial charge in [-0.3, -0.25) is 0 Å². The number of anilines is 1. The highest BCUT2D eigenvalue weighted by Crippen LogP contribution is 2.38. The molecule has 0 saturated carbocycles. The van der Waals surface area contributed by atoms with E-state index in [1.807, 2.05) is 0 Å². The molecule has 1 unspecified atom stereocenters. The molecule has 0 aliphatic rings. The number of aromatic nitrogens is 7. The van der Waals surface area contributed by atoms with Crippen LogP contribution in [0, 0.1) is 0 Å². The van der Waals surface area contributed by atoms with Crippen LogP contribution in [-0.2, 0) is 6.18 Å². The third-order valence-electron chi connectivity index (χ3n) is 4.73. The lowest BCUT2D eigenvalue weighted by Gasteiger charge is -2.17. The zero-order valence-corrected chi connectivity index (χ0v) is 17.6. The molecule has 3 aromatic heterocycles. The Morgan fingerprint density at radius 2 is 1.82 bits per heavy atom. The van der Waals surface area contributed by atoms with Gasteiger partial charge in [-0.2, -0.15) is 23.0 Å². The monoisotopic (exact) mass is 480 g/mol. The molecule has 2 atom stereocenters. The van der Waals surface area contributed by atoms with E-state index < -0.39 is 30.5 Å². The fraction of sp³-hybridized carbons (Fsp3) is 0.263. The van der Waals surface area contributed by atoms with Gasteiger partial charge < -0.3 is 15.5 Å². The van der Waals surface area contributed by atoms with Crippen molar-refractivity contribution in [2.45, 2.75) is 25.2 Å². The molecule has 33 heavy (non-hydrogen) atoms. The topological polar surface area (TPSA) is 135 Å². The Balaban J connectivity index is 1.71. The van der Waals surface area contributed by atoms with Gasteiger partial charge in [-0.1, -0.05) is 11.6 Å². The summed E-state index contributed by atoms with van der Waals surface area (Å²) >= 11 is 5.93. The smallest absolute Gasteiger partial charge is 0.393 e. The van der Waals surface area contributed by atoms with Gasteiger partial charge in [0.2, 0.25) is 0 Å². The fourth-order valence-electron chi connectivity index (χ4n) is 3.21. The number of alkyl halides is 3. The van der Waals surface area contributed by atoms with Crippen LogP contribution in [0.4, 0.5) is 19.0 Å². The highest BCUT2D eigenvalue weighted by Gasteiger charge is 2.34. The Morgan fingerprint density at radius 1 is 1.06 bits per heavy atom. The summed E-state index contributed by atoms with van der Waals surface area (Å²) in [7, 11) is 0. The molecule has 10 nitrogen and oxygen atoms in total. The largest absolute Gasteiger partial charge is 0.418 e. The lowest BCUT2D eigenvalue weighted by Crippen LogP contribution is -2.16. The standard InChI is InChI=1S/C19H16ClF3N8O2/c1-9(18-28-8-29-31(18)15-4-13(14(33)5-32)24-6-25-15)30-17-11-2-10(20)3-12(19(21,22)23)16(11)26-7-27-17/h2-4,6-9,14,32-33H,5H2,1H3,(H,26,27,30)/t9-,14?/m0/s1. The molecule has 1 aromatic carbocycles. The predicted octanol–water partition coefficient (Wildman–Crippen LogP) is 2.87. The Kier molecular flexibility index (Phi) is 6.10. The molecule has 3 N–H and O–H groups in total. The summed E-state index contributed by atoms with van der Waals surface area (Å²) in [5, 5.41) is 26.1. The summed E-state index contributed by atoms with van der Waals surface area (Å²) < 4.78 is 41.8. The van der Waals surface area contributed by atoms with Gasteiger partial charge in [0, 0.05) is 16.5 Å². The molecule has 4 rings (SSSR count). The number of aliphatic hydroxyl groups excluding tert-OH is 2. The Morgan fingerprint density at radius 3 is 2.55 bits per heavy atom. The van der Waals surface area contributed by atoms with E-state index in [0.29, 0.717) is 5.82 Å². The van der Waals surface area contributed by atoms with Crippen LogP contribution in [0.3, 0.4) is 0 Å². The van der Waals surface area contributed by atoms with Crippen molar-refractivity contribution in [2.75, 3.05) is 11.9 Å². The molecule has 172 valence electrons. The van der Waals surface area contributed by atoms with Gasteiger partial charge in [0.25, 0.3) is 0 Å². The molecule has 0 aliphatic heterocycles. The van der Waals surface area contributed by atoms with Crippen LogP contribution < -0.4 is 5.32 Å². The first-order valence-corrected chi connectivity index (χ1v) is 9.86. The van der Waals surface area contributed by atoms with Crippen molar-refractivity contribution in [3.63, 3.8) is 0 Å². The summed E-state index contributed by atoms with van der Waals surface area (Å²) in [6.45, 7) is 1.18. The minimum atomic E-state index is -4.65. The number of nitrogens with one attached hydrogen (secondary N) is 1. The molecular formula is C19H16ClF3N8O2. The first-order valence-electron chi connectivity index (χ1n) is 9.48. The number of hydrogen-bond acceptors (Lipinski definition) is 9. The quantitative estimate of drug-likeness (QED) is 0.380. The average molecular weight is 481 g/mol. The number of aliphatic hydroxyl groups is 2. The second-order valence-electron chi connectivity index (χ2n) is 6.97. The molecule has 0 fully saturated rings. The lowest BCUT2D eigenvalue weighted by molar-refractivity contribution is -0.136. The summed E-state index contributed by atoms with van der Waals surface area (Å²) in [6.07, 6.45) is -2.35. The van der Waals surface area contributed by atoms with Crippen molar-refractivity contribution in [1.29, 1.82) is 0 Å².